The van der Waals surface area contributed by atoms with Crippen LogP contribution in [0.4, 0.5) is 0 Å². The van der Waals surface area contributed by atoms with E-state index >= 15 is 0 Å². The Kier molecular flexibility index (Phi) is 6.02. The van der Waals surface area contributed by atoms with E-state index in [0.717, 1.165) is 50.6 Å². The Morgan fingerprint density at radius 2 is 2.14 bits per heavy atom. The summed E-state index contributed by atoms with van der Waals surface area (Å²) in [5.74, 6) is 0.808. The van der Waals surface area contributed by atoms with Gasteiger partial charge in [0.05, 0.1) is 20.3 Å². The summed E-state index contributed by atoms with van der Waals surface area (Å²) in [6, 6.07) is 5.57. The van der Waals surface area contributed by atoms with E-state index in [4.69, 9.17) is 9.47 Å². The molecule has 0 bridgehead atoms. The Hall–Kier alpha value is -1.59. The van der Waals surface area contributed by atoms with E-state index < -0.39 is 0 Å². The zero-order valence-electron chi connectivity index (χ0n) is 12.9. The Labute approximate surface area is 126 Å². The molecule has 1 saturated heterocycles. The number of hydrogen-bond acceptors (Lipinski definition) is 4. The Morgan fingerprint density at radius 3 is 2.81 bits per heavy atom. The molecule has 5 heteroatoms. The average Bonchev–Trinajstić information content (AvgIpc) is 2.55. The van der Waals surface area contributed by atoms with Crippen molar-refractivity contribution in [2.75, 3.05) is 46.5 Å². The maximum Gasteiger partial charge on any atom is 0.251 e. The number of morpholine rings is 1. The minimum Gasteiger partial charge on any atom is -0.496 e. The van der Waals surface area contributed by atoms with Gasteiger partial charge >= 0.3 is 0 Å². The number of rotatable bonds is 6. The van der Waals surface area contributed by atoms with E-state index in [9.17, 15) is 4.79 Å². The van der Waals surface area contributed by atoms with E-state index in [1.807, 2.05) is 18.2 Å². The summed E-state index contributed by atoms with van der Waals surface area (Å²) in [5, 5.41) is 2.97. The lowest BCUT2D eigenvalue weighted by Crippen LogP contribution is -2.41. The summed E-state index contributed by atoms with van der Waals surface area (Å²) < 4.78 is 10.6. The minimum atomic E-state index is -0.0272. The van der Waals surface area contributed by atoms with Crippen LogP contribution in [0.15, 0.2) is 18.2 Å². The zero-order chi connectivity index (χ0) is 15.1. The monoisotopic (exact) mass is 292 g/mol. The highest BCUT2D eigenvalue weighted by atomic mass is 16.5. The van der Waals surface area contributed by atoms with E-state index in [-0.39, 0.29) is 5.91 Å². The highest BCUT2D eigenvalue weighted by Gasteiger charge is 2.12. The molecule has 0 saturated carbocycles. The molecule has 1 N–H and O–H groups in total. The second-order valence-electron chi connectivity index (χ2n) is 5.09. The third-order valence-electron chi connectivity index (χ3n) is 3.74. The molecule has 21 heavy (non-hydrogen) atoms. The highest BCUT2D eigenvalue weighted by molar-refractivity contribution is 5.94. The Balaban J connectivity index is 1.85. The molecule has 1 heterocycles. The van der Waals surface area contributed by atoms with Gasteiger partial charge < -0.3 is 14.8 Å². The lowest BCUT2D eigenvalue weighted by atomic mass is 10.1. The SMILES string of the molecule is CCc1cc(C(=O)NCCN2CCOCC2)ccc1OC. The third kappa shape index (κ3) is 4.44. The van der Waals surface area contributed by atoms with Crippen molar-refractivity contribution in [1.29, 1.82) is 0 Å². The lowest BCUT2D eigenvalue weighted by Gasteiger charge is -2.26. The third-order valence-corrected chi connectivity index (χ3v) is 3.74. The molecule has 1 fully saturated rings. The summed E-state index contributed by atoms with van der Waals surface area (Å²) in [6.45, 7) is 7.03. The fourth-order valence-electron chi connectivity index (χ4n) is 2.45. The van der Waals surface area contributed by atoms with Gasteiger partial charge in [-0.1, -0.05) is 6.92 Å². The van der Waals surface area contributed by atoms with Gasteiger partial charge in [0.2, 0.25) is 0 Å². The maximum atomic E-state index is 12.2. The zero-order valence-corrected chi connectivity index (χ0v) is 12.9. The molecule has 5 nitrogen and oxygen atoms in total. The standard InChI is InChI=1S/C16H24N2O3/c1-3-13-12-14(4-5-15(13)20-2)16(19)17-6-7-18-8-10-21-11-9-18/h4-5,12H,3,6-11H2,1-2H3,(H,17,19). The fourth-order valence-corrected chi connectivity index (χ4v) is 2.45. The number of nitrogens with one attached hydrogen (secondary N) is 1. The molecule has 0 aromatic heterocycles. The quantitative estimate of drug-likeness (QED) is 0.859. The number of hydrogen-bond donors (Lipinski definition) is 1. The van der Waals surface area contributed by atoms with Crippen molar-refractivity contribution in [1.82, 2.24) is 10.2 Å². The molecule has 1 aromatic rings. The second-order valence-corrected chi connectivity index (χ2v) is 5.09. The van der Waals surface area contributed by atoms with Crippen molar-refractivity contribution in [3.8, 4) is 5.75 Å². The number of nitrogens with zero attached hydrogens (tertiary/aromatic N) is 1. The predicted molar refractivity (Wildman–Crippen MR) is 82.0 cm³/mol. The fraction of sp³-hybridized carbons (Fsp3) is 0.562. The van der Waals surface area contributed by atoms with Gasteiger partial charge in [0, 0.05) is 31.7 Å². The molecular weight excluding hydrogens is 268 g/mol. The van der Waals surface area contributed by atoms with Crippen LogP contribution in [-0.2, 0) is 11.2 Å². The van der Waals surface area contributed by atoms with Crippen LogP contribution in [-0.4, -0.2) is 57.3 Å². The van der Waals surface area contributed by atoms with Gasteiger partial charge in [0.1, 0.15) is 5.75 Å². The molecule has 0 atom stereocenters. The minimum absolute atomic E-state index is 0.0272. The van der Waals surface area contributed by atoms with Gasteiger partial charge in [-0.15, -0.1) is 0 Å². The van der Waals surface area contributed by atoms with Crippen LogP contribution in [0.25, 0.3) is 0 Å². The van der Waals surface area contributed by atoms with E-state index in [2.05, 4.69) is 17.1 Å². The van der Waals surface area contributed by atoms with Crippen molar-refractivity contribution < 1.29 is 14.3 Å². The molecule has 1 aliphatic rings. The van der Waals surface area contributed by atoms with Crippen LogP contribution >= 0.6 is 0 Å². The van der Waals surface area contributed by atoms with Gasteiger partial charge in [-0.3, -0.25) is 9.69 Å². The van der Waals surface area contributed by atoms with Gasteiger partial charge in [0.25, 0.3) is 5.91 Å². The molecule has 2 rings (SSSR count). The van der Waals surface area contributed by atoms with Crippen LogP contribution in [0.1, 0.15) is 22.8 Å². The predicted octanol–water partition coefficient (Wildman–Crippen LogP) is 1.32. The first-order chi connectivity index (χ1) is 10.2. The van der Waals surface area contributed by atoms with Crippen molar-refractivity contribution in [2.24, 2.45) is 0 Å². The van der Waals surface area contributed by atoms with Crippen molar-refractivity contribution in [2.45, 2.75) is 13.3 Å². The summed E-state index contributed by atoms with van der Waals surface area (Å²) in [5.41, 5.74) is 1.74. The molecule has 0 aliphatic carbocycles. The maximum absolute atomic E-state index is 12.2. The van der Waals surface area contributed by atoms with Crippen LogP contribution in [0.5, 0.6) is 5.75 Å². The lowest BCUT2D eigenvalue weighted by molar-refractivity contribution is 0.0383. The number of amides is 1. The summed E-state index contributed by atoms with van der Waals surface area (Å²) in [7, 11) is 1.65. The molecule has 1 amide bonds. The summed E-state index contributed by atoms with van der Waals surface area (Å²) in [6.07, 6.45) is 0.845. The van der Waals surface area contributed by atoms with Crippen LogP contribution in [0.3, 0.4) is 0 Å². The van der Waals surface area contributed by atoms with E-state index in [1.165, 1.54) is 0 Å². The normalized spacial score (nSPS) is 15.7. The number of benzene rings is 1. The number of methoxy groups -OCH3 is 1. The highest BCUT2D eigenvalue weighted by Crippen LogP contribution is 2.20. The van der Waals surface area contributed by atoms with Gasteiger partial charge in [-0.2, -0.15) is 0 Å². The van der Waals surface area contributed by atoms with Gasteiger partial charge in [0.15, 0.2) is 0 Å². The van der Waals surface area contributed by atoms with Crippen LogP contribution in [0, 0.1) is 0 Å². The second kappa shape index (κ2) is 8.00. The number of aryl methyl sites for hydroxylation is 1. The largest absolute Gasteiger partial charge is 0.496 e. The topological polar surface area (TPSA) is 50.8 Å². The number of carbonyl (C=O) groups is 1. The first-order valence-electron chi connectivity index (χ1n) is 7.49. The van der Waals surface area contributed by atoms with Gasteiger partial charge in [-0.05, 0) is 30.2 Å². The molecule has 0 spiro atoms. The van der Waals surface area contributed by atoms with Crippen molar-refractivity contribution >= 4 is 5.91 Å². The number of ether oxygens (including phenoxy) is 2. The van der Waals surface area contributed by atoms with Crippen molar-refractivity contribution in [3.05, 3.63) is 29.3 Å². The Bertz CT molecular complexity index is 471. The molecule has 1 aromatic carbocycles. The molecule has 0 radical (unpaired) electrons. The Morgan fingerprint density at radius 1 is 1.38 bits per heavy atom. The molecule has 1 aliphatic heterocycles. The number of carbonyl (C=O) groups excluding carboxylic acids is 1. The van der Waals surface area contributed by atoms with Gasteiger partial charge in [-0.25, -0.2) is 0 Å². The van der Waals surface area contributed by atoms with Crippen LogP contribution in [0.2, 0.25) is 0 Å². The first-order valence-corrected chi connectivity index (χ1v) is 7.49. The molecule has 0 unspecified atom stereocenters. The smallest absolute Gasteiger partial charge is 0.251 e. The van der Waals surface area contributed by atoms with Crippen molar-refractivity contribution in [3.63, 3.8) is 0 Å². The van der Waals surface area contributed by atoms with Crippen LogP contribution < -0.4 is 10.1 Å². The van der Waals surface area contributed by atoms with E-state index in [0.29, 0.717) is 12.1 Å². The molecule has 116 valence electrons. The first kappa shape index (κ1) is 15.8. The summed E-state index contributed by atoms with van der Waals surface area (Å²) >= 11 is 0. The average molecular weight is 292 g/mol. The summed E-state index contributed by atoms with van der Waals surface area (Å²) in [4.78, 5) is 14.5. The molecular formula is C16H24N2O3. The van der Waals surface area contributed by atoms with E-state index in [1.54, 1.807) is 7.11 Å².